The highest BCUT2D eigenvalue weighted by molar-refractivity contribution is 5.76. The first kappa shape index (κ1) is 56.9. The van der Waals surface area contributed by atoms with Crippen molar-refractivity contribution in [3.63, 3.8) is 0 Å². The Morgan fingerprint density at radius 1 is 0.550 bits per heavy atom. The average Bonchev–Trinajstić information content (AvgIpc) is 3.25. The van der Waals surface area contributed by atoms with Gasteiger partial charge in [-0.15, -0.1) is 0 Å². The van der Waals surface area contributed by atoms with Crippen LogP contribution in [0, 0.1) is 0 Å². The van der Waals surface area contributed by atoms with Gasteiger partial charge in [0.05, 0.1) is 25.4 Å². The van der Waals surface area contributed by atoms with Gasteiger partial charge in [-0.05, 0) is 38.5 Å². The van der Waals surface area contributed by atoms with Crippen molar-refractivity contribution in [3.05, 3.63) is 12.2 Å². The lowest BCUT2D eigenvalue weighted by molar-refractivity contribution is -0.302. The molecule has 0 spiro atoms. The quantitative estimate of drug-likeness (QED) is 0.0262. The minimum absolute atomic E-state index is 0.135. The van der Waals surface area contributed by atoms with E-state index in [4.69, 9.17) is 9.47 Å². The van der Waals surface area contributed by atoms with Crippen LogP contribution >= 0.6 is 0 Å². The fraction of sp³-hybridized carbons (Fsp3) is 0.941. The molecule has 0 bridgehead atoms. The van der Waals surface area contributed by atoms with Crippen LogP contribution in [0.5, 0.6) is 0 Å². The van der Waals surface area contributed by atoms with E-state index >= 15 is 0 Å². The second-order valence-corrected chi connectivity index (χ2v) is 18.3. The molecule has 7 unspecified atom stereocenters. The largest absolute Gasteiger partial charge is 0.394 e. The zero-order chi connectivity index (χ0) is 43.7. The van der Waals surface area contributed by atoms with Gasteiger partial charge in [0.1, 0.15) is 24.4 Å². The van der Waals surface area contributed by atoms with Crippen LogP contribution in [-0.2, 0) is 14.3 Å². The predicted octanol–water partition coefficient (Wildman–Crippen LogP) is 11.7. The van der Waals surface area contributed by atoms with E-state index in [0.717, 1.165) is 38.5 Å². The lowest BCUT2D eigenvalue weighted by Crippen LogP contribution is -2.60. The maximum atomic E-state index is 13.0. The van der Waals surface area contributed by atoms with E-state index in [0.29, 0.717) is 12.8 Å². The molecule has 1 aliphatic rings. The molecule has 0 radical (unpaired) electrons. The summed E-state index contributed by atoms with van der Waals surface area (Å²) in [6.45, 7) is 3.84. The third-order valence-electron chi connectivity index (χ3n) is 12.6. The minimum atomic E-state index is -1.55. The first-order chi connectivity index (χ1) is 29.3. The van der Waals surface area contributed by atoms with Gasteiger partial charge in [0, 0.05) is 6.42 Å². The summed E-state index contributed by atoms with van der Waals surface area (Å²) in [6, 6.07) is -0.715. The summed E-state index contributed by atoms with van der Waals surface area (Å²) >= 11 is 0. The van der Waals surface area contributed by atoms with Crippen molar-refractivity contribution >= 4 is 5.91 Å². The molecule has 1 aliphatic heterocycles. The number of ether oxygens (including phenoxy) is 2. The third-order valence-corrected chi connectivity index (χ3v) is 12.6. The van der Waals surface area contributed by atoms with Crippen LogP contribution in [0.2, 0.25) is 0 Å². The van der Waals surface area contributed by atoms with Crippen LogP contribution in [0.3, 0.4) is 0 Å². The Labute approximate surface area is 369 Å². The van der Waals surface area contributed by atoms with Crippen molar-refractivity contribution in [2.45, 2.75) is 294 Å². The molecule has 356 valence electrons. The predicted molar refractivity (Wildman–Crippen MR) is 249 cm³/mol. The Balaban J connectivity index is 2.17. The highest BCUT2D eigenvalue weighted by Crippen LogP contribution is 2.23. The van der Waals surface area contributed by atoms with E-state index in [1.165, 1.54) is 186 Å². The summed E-state index contributed by atoms with van der Waals surface area (Å²) < 4.78 is 11.3. The van der Waals surface area contributed by atoms with Crippen molar-refractivity contribution in [1.29, 1.82) is 0 Å². The number of hydrogen-bond donors (Lipinski definition) is 6. The number of amides is 1. The summed E-state index contributed by atoms with van der Waals surface area (Å²) in [5.41, 5.74) is 0. The van der Waals surface area contributed by atoms with Crippen LogP contribution in [-0.4, -0.2) is 87.5 Å². The van der Waals surface area contributed by atoms with E-state index < -0.39 is 49.5 Å². The fourth-order valence-electron chi connectivity index (χ4n) is 8.45. The number of carbonyl (C=O) groups excluding carboxylic acids is 1. The molecule has 1 rings (SSSR count). The lowest BCUT2D eigenvalue weighted by atomic mass is 9.99. The molecule has 0 aromatic heterocycles. The topological polar surface area (TPSA) is 149 Å². The zero-order valence-electron chi connectivity index (χ0n) is 39.2. The molecule has 1 fully saturated rings. The number of aliphatic hydroxyl groups is 5. The third kappa shape index (κ3) is 31.7. The van der Waals surface area contributed by atoms with Crippen molar-refractivity contribution in [2.75, 3.05) is 13.2 Å². The van der Waals surface area contributed by atoms with Crippen LogP contribution in [0.4, 0.5) is 0 Å². The Morgan fingerprint density at radius 2 is 0.933 bits per heavy atom. The number of allylic oxidation sites excluding steroid dienone is 2. The van der Waals surface area contributed by atoms with Crippen LogP contribution in [0.15, 0.2) is 12.2 Å². The van der Waals surface area contributed by atoms with E-state index in [1.807, 2.05) is 0 Å². The van der Waals surface area contributed by atoms with Gasteiger partial charge < -0.3 is 40.3 Å². The number of rotatable bonds is 44. The Hall–Kier alpha value is -1.07. The van der Waals surface area contributed by atoms with E-state index in [9.17, 15) is 30.3 Å². The molecule has 0 aromatic rings. The first-order valence-electron chi connectivity index (χ1n) is 25.9. The molecule has 1 amide bonds. The highest BCUT2D eigenvalue weighted by atomic mass is 16.7. The normalized spacial score (nSPS) is 20.6. The molecule has 1 saturated heterocycles. The van der Waals surface area contributed by atoms with E-state index in [-0.39, 0.29) is 12.5 Å². The molecule has 0 aromatic carbocycles. The van der Waals surface area contributed by atoms with Gasteiger partial charge in [0.15, 0.2) is 6.29 Å². The van der Waals surface area contributed by atoms with Crippen molar-refractivity contribution in [1.82, 2.24) is 5.32 Å². The van der Waals surface area contributed by atoms with Gasteiger partial charge in [-0.25, -0.2) is 0 Å². The number of hydrogen-bond acceptors (Lipinski definition) is 8. The summed E-state index contributed by atoms with van der Waals surface area (Å²) in [4.78, 5) is 13.0. The van der Waals surface area contributed by atoms with Crippen molar-refractivity contribution in [2.24, 2.45) is 0 Å². The van der Waals surface area contributed by atoms with Gasteiger partial charge in [-0.2, -0.15) is 0 Å². The van der Waals surface area contributed by atoms with E-state index in [1.54, 1.807) is 0 Å². The van der Waals surface area contributed by atoms with Crippen LogP contribution in [0.1, 0.15) is 251 Å². The highest BCUT2D eigenvalue weighted by Gasteiger charge is 2.44. The first-order valence-corrected chi connectivity index (χ1v) is 25.9. The Bertz CT molecular complexity index is 950. The van der Waals surface area contributed by atoms with Gasteiger partial charge in [-0.1, -0.05) is 219 Å². The van der Waals surface area contributed by atoms with Gasteiger partial charge in [0.2, 0.25) is 5.91 Å². The number of carbonyl (C=O) groups is 1. The molecule has 9 nitrogen and oxygen atoms in total. The monoisotopic (exact) mass is 854 g/mol. The second kappa shape index (κ2) is 41.9. The maximum absolute atomic E-state index is 13.0. The zero-order valence-corrected chi connectivity index (χ0v) is 39.2. The molecular formula is C51H99NO8. The lowest BCUT2D eigenvalue weighted by Gasteiger charge is -2.40. The summed E-state index contributed by atoms with van der Waals surface area (Å²) in [5.74, 6) is -0.144. The number of unbranched alkanes of at least 4 members (excludes halogenated alkanes) is 32. The van der Waals surface area contributed by atoms with Gasteiger partial charge in [0.25, 0.3) is 0 Å². The molecule has 60 heavy (non-hydrogen) atoms. The molecule has 0 aliphatic carbocycles. The minimum Gasteiger partial charge on any atom is -0.394 e. The van der Waals surface area contributed by atoms with Crippen molar-refractivity contribution in [3.8, 4) is 0 Å². The average molecular weight is 854 g/mol. The Kier molecular flexibility index (Phi) is 39.8. The summed E-state index contributed by atoms with van der Waals surface area (Å²) in [7, 11) is 0. The van der Waals surface area contributed by atoms with Crippen molar-refractivity contribution < 1.29 is 39.8 Å². The van der Waals surface area contributed by atoms with Gasteiger partial charge in [-0.3, -0.25) is 4.79 Å². The molecule has 7 atom stereocenters. The summed E-state index contributed by atoms with van der Waals surface area (Å²) in [5, 5.41) is 54.4. The molecule has 9 heteroatoms. The maximum Gasteiger partial charge on any atom is 0.220 e. The summed E-state index contributed by atoms with van der Waals surface area (Å²) in [6.07, 6.45) is 42.4. The standard InChI is InChI=1S/C51H99NO8/c1-3-5-7-9-11-13-15-16-17-18-19-20-21-22-23-24-25-26-27-28-29-31-33-35-37-39-41-47(55)52-44(43-59-51-50(58)49(57)48(56)46(42-53)60-51)45(54)40-38-36-34-32-30-14-12-10-8-6-4-2/h22-23,44-46,48-51,53-54,56-58H,3-21,24-43H2,1-2H3,(H,52,55)/b23-22-. The Morgan fingerprint density at radius 3 is 1.35 bits per heavy atom. The SMILES string of the molecule is CCCCCCCCCCCCCC/C=C\CCCCCCCCCCCCC(=O)NC(COC1OC(CO)C(O)C(O)C1O)C(O)CCCCCCCCCCCCC. The smallest absolute Gasteiger partial charge is 0.220 e. The van der Waals surface area contributed by atoms with Crippen LogP contribution < -0.4 is 5.32 Å². The molecule has 0 saturated carbocycles. The van der Waals surface area contributed by atoms with E-state index in [2.05, 4.69) is 31.3 Å². The number of nitrogens with one attached hydrogen (secondary N) is 1. The molecule has 1 heterocycles. The second-order valence-electron chi connectivity index (χ2n) is 18.3. The number of aliphatic hydroxyl groups excluding tert-OH is 5. The molecular weight excluding hydrogens is 755 g/mol. The molecule has 6 N–H and O–H groups in total. The van der Waals surface area contributed by atoms with Gasteiger partial charge >= 0.3 is 0 Å². The fourth-order valence-corrected chi connectivity index (χ4v) is 8.45. The van der Waals surface area contributed by atoms with Crippen LogP contribution in [0.25, 0.3) is 0 Å².